The van der Waals surface area contributed by atoms with E-state index < -0.39 is 5.79 Å². The molecule has 3 aromatic rings. The molecule has 0 atom stereocenters. The van der Waals surface area contributed by atoms with Gasteiger partial charge in [-0.2, -0.15) is 0 Å². The van der Waals surface area contributed by atoms with Crippen LogP contribution in [0.4, 0.5) is 5.69 Å². The lowest BCUT2D eigenvalue weighted by molar-refractivity contribution is -0.0716. The quantitative estimate of drug-likeness (QED) is 0.726. The molecule has 6 nitrogen and oxygen atoms in total. The maximum Gasteiger partial charge on any atom is 0.256 e. The van der Waals surface area contributed by atoms with Crippen LogP contribution < -0.4 is 20.3 Å². The Kier molecular flexibility index (Phi) is 3.47. The van der Waals surface area contributed by atoms with Crippen molar-refractivity contribution < 1.29 is 14.3 Å². The number of carbonyl (C=O) groups is 1. The molecule has 0 radical (unpaired) electrons. The van der Waals surface area contributed by atoms with Gasteiger partial charge in [0, 0.05) is 41.6 Å². The number of rotatable bonds is 2. The lowest BCUT2D eigenvalue weighted by Gasteiger charge is -2.21. The number of amides is 1. The molecular formula is C21H18N2O4. The van der Waals surface area contributed by atoms with E-state index in [1.165, 1.54) is 6.07 Å². The molecule has 1 amide bonds. The van der Waals surface area contributed by atoms with Crippen molar-refractivity contribution in [1.29, 1.82) is 0 Å². The number of anilines is 1. The van der Waals surface area contributed by atoms with E-state index in [-0.39, 0.29) is 11.5 Å². The van der Waals surface area contributed by atoms with Crippen LogP contribution in [0.1, 0.15) is 36.0 Å². The molecule has 5 rings (SSSR count). The van der Waals surface area contributed by atoms with Crippen LogP contribution in [0.3, 0.4) is 0 Å². The number of benzene rings is 2. The van der Waals surface area contributed by atoms with Crippen molar-refractivity contribution >= 4 is 22.5 Å². The van der Waals surface area contributed by atoms with Gasteiger partial charge >= 0.3 is 0 Å². The smallest absolute Gasteiger partial charge is 0.256 e. The fourth-order valence-corrected chi connectivity index (χ4v) is 3.88. The Bertz CT molecular complexity index is 1110. The summed E-state index contributed by atoms with van der Waals surface area (Å²) in [7, 11) is 0. The van der Waals surface area contributed by atoms with Gasteiger partial charge < -0.3 is 19.8 Å². The van der Waals surface area contributed by atoms with Gasteiger partial charge in [0.15, 0.2) is 11.5 Å². The number of para-hydroxylation sites is 1. The summed E-state index contributed by atoms with van der Waals surface area (Å²) < 4.78 is 12.0. The maximum absolute atomic E-state index is 12.8. The van der Waals surface area contributed by atoms with E-state index in [0.717, 1.165) is 25.7 Å². The number of aromatic amines is 1. The lowest BCUT2D eigenvalue weighted by Crippen LogP contribution is -2.34. The zero-order valence-corrected chi connectivity index (χ0v) is 14.6. The minimum atomic E-state index is -0.534. The zero-order valence-electron chi connectivity index (χ0n) is 14.6. The number of ether oxygens (including phenoxy) is 2. The Balaban J connectivity index is 1.44. The third-order valence-electron chi connectivity index (χ3n) is 5.15. The average Bonchev–Trinajstić information content (AvgIpc) is 3.26. The highest BCUT2D eigenvalue weighted by atomic mass is 16.7. The van der Waals surface area contributed by atoms with Crippen LogP contribution in [-0.4, -0.2) is 16.7 Å². The summed E-state index contributed by atoms with van der Waals surface area (Å²) >= 11 is 0. The minimum Gasteiger partial charge on any atom is -0.448 e. The van der Waals surface area contributed by atoms with Crippen LogP contribution >= 0.6 is 0 Å². The summed E-state index contributed by atoms with van der Waals surface area (Å²) in [6, 6.07) is 13.9. The number of fused-ring (bicyclic) bond motifs is 2. The normalized spacial score (nSPS) is 16.7. The highest BCUT2D eigenvalue weighted by Crippen LogP contribution is 2.47. The third-order valence-corrected chi connectivity index (χ3v) is 5.15. The number of H-pyrrole nitrogens is 1. The Hall–Kier alpha value is -3.28. The number of hydrogen-bond donors (Lipinski definition) is 2. The van der Waals surface area contributed by atoms with E-state index in [1.807, 2.05) is 24.3 Å². The number of pyridine rings is 1. The Morgan fingerprint density at radius 3 is 2.63 bits per heavy atom. The van der Waals surface area contributed by atoms with Crippen molar-refractivity contribution in [1.82, 2.24) is 4.98 Å². The maximum atomic E-state index is 12.8. The van der Waals surface area contributed by atoms with Crippen molar-refractivity contribution in [2.24, 2.45) is 0 Å². The first-order valence-electron chi connectivity index (χ1n) is 9.07. The zero-order chi connectivity index (χ0) is 18.4. The molecule has 2 aliphatic rings. The molecule has 2 aromatic carbocycles. The Labute approximate surface area is 155 Å². The molecule has 136 valence electrons. The first-order valence-corrected chi connectivity index (χ1v) is 9.07. The highest BCUT2D eigenvalue weighted by molar-refractivity contribution is 6.12. The minimum absolute atomic E-state index is 0.312. The molecule has 27 heavy (non-hydrogen) atoms. The van der Waals surface area contributed by atoms with Gasteiger partial charge in [0.05, 0.1) is 5.56 Å². The average molecular weight is 362 g/mol. The first-order chi connectivity index (χ1) is 13.1. The first kappa shape index (κ1) is 15.9. The molecule has 2 N–H and O–H groups in total. The molecular weight excluding hydrogens is 344 g/mol. The Morgan fingerprint density at radius 2 is 1.78 bits per heavy atom. The van der Waals surface area contributed by atoms with Gasteiger partial charge in [0.25, 0.3) is 11.7 Å². The van der Waals surface area contributed by atoms with E-state index in [4.69, 9.17) is 9.47 Å². The van der Waals surface area contributed by atoms with Crippen molar-refractivity contribution in [2.45, 2.75) is 31.5 Å². The van der Waals surface area contributed by atoms with Crippen LogP contribution in [0.2, 0.25) is 0 Å². The topological polar surface area (TPSA) is 80.4 Å². The van der Waals surface area contributed by atoms with E-state index in [9.17, 15) is 9.59 Å². The predicted molar refractivity (Wildman–Crippen MR) is 101 cm³/mol. The van der Waals surface area contributed by atoms with E-state index in [1.54, 1.807) is 18.2 Å². The van der Waals surface area contributed by atoms with Crippen molar-refractivity contribution in [2.75, 3.05) is 5.32 Å². The molecule has 1 spiro atoms. The van der Waals surface area contributed by atoms with Crippen LogP contribution in [-0.2, 0) is 0 Å². The second kappa shape index (κ2) is 5.87. The van der Waals surface area contributed by atoms with Gasteiger partial charge in [0.1, 0.15) is 0 Å². The van der Waals surface area contributed by atoms with Crippen molar-refractivity contribution in [3.8, 4) is 11.5 Å². The van der Waals surface area contributed by atoms with Gasteiger partial charge in [-0.05, 0) is 31.0 Å². The highest BCUT2D eigenvalue weighted by Gasteiger charge is 2.44. The van der Waals surface area contributed by atoms with Crippen LogP contribution in [0, 0.1) is 0 Å². The van der Waals surface area contributed by atoms with E-state index in [2.05, 4.69) is 10.3 Å². The van der Waals surface area contributed by atoms with Crippen molar-refractivity contribution in [3.05, 3.63) is 64.4 Å². The summed E-state index contributed by atoms with van der Waals surface area (Å²) in [6.45, 7) is 0. The lowest BCUT2D eigenvalue weighted by atomic mass is 10.1. The molecule has 0 bridgehead atoms. The molecule has 0 saturated heterocycles. The number of nitrogens with one attached hydrogen (secondary N) is 2. The number of aromatic nitrogens is 1. The molecule has 0 unspecified atom stereocenters. The van der Waals surface area contributed by atoms with Crippen LogP contribution in [0.25, 0.3) is 10.9 Å². The molecule has 1 saturated carbocycles. The molecule has 1 aliphatic heterocycles. The Morgan fingerprint density at radius 1 is 1.00 bits per heavy atom. The monoisotopic (exact) mass is 362 g/mol. The van der Waals surface area contributed by atoms with E-state index in [0.29, 0.717) is 33.7 Å². The second-order valence-electron chi connectivity index (χ2n) is 7.03. The number of carbonyl (C=O) groups excluding carboxylic acids is 1. The largest absolute Gasteiger partial charge is 0.448 e. The second-order valence-corrected chi connectivity index (χ2v) is 7.03. The summed E-state index contributed by atoms with van der Waals surface area (Å²) in [4.78, 5) is 27.4. The van der Waals surface area contributed by atoms with Gasteiger partial charge in [-0.15, -0.1) is 0 Å². The predicted octanol–water partition coefficient (Wildman–Crippen LogP) is 3.82. The van der Waals surface area contributed by atoms with Crippen molar-refractivity contribution in [3.63, 3.8) is 0 Å². The summed E-state index contributed by atoms with van der Waals surface area (Å²) in [5.41, 5.74) is 1.25. The van der Waals surface area contributed by atoms with Gasteiger partial charge in [-0.1, -0.05) is 18.2 Å². The van der Waals surface area contributed by atoms with E-state index >= 15 is 0 Å². The SMILES string of the molecule is O=C(Nc1ccc2c(c1)OC1(CCCC1)O2)c1cc(=O)[nH]c2ccccc12. The molecule has 2 heterocycles. The molecule has 1 aromatic heterocycles. The third kappa shape index (κ3) is 2.73. The number of hydrogen-bond acceptors (Lipinski definition) is 4. The summed E-state index contributed by atoms with van der Waals surface area (Å²) in [5, 5.41) is 3.55. The van der Waals surface area contributed by atoms with Gasteiger partial charge in [-0.25, -0.2) is 0 Å². The molecule has 1 aliphatic carbocycles. The standard InChI is InChI=1S/C21H18N2O4/c24-19-12-15(14-5-1-2-6-16(14)23-19)20(25)22-13-7-8-17-18(11-13)27-21(26-17)9-3-4-10-21/h1-2,5-8,11-12H,3-4,9-10H2,(H,22,25)(H,23,24). The van der Waals surface area contributed by atoms with Gasteiger partial charge in [-0.3, -0.25) is 9.59 Å². The summed E-state index contributed by atoms with van der Waals surface area (Å²) in [5.74, 6) is 0.474. The fourth-order valence-electron chi connectivity index (χ4n) is 3.88. The summed E-state index contributed by atoms with van der Waals surface area (Å²) in [6.07, 6.45) is 3.94. The molecule has 6 heteroatoms. The van der Waals surface area contributed by atoms with Crippen LogP contribution in [0.5, 0.6) is 11.5 Å². The van der Waals surface area contributed by atoms with Crippen LogP contribution in [0.15, 0.2) is 53.3 Å². The van der Waals surface area contributed by atoms with Gasteiger partial charge in [0.2, 0.25) is 5.56 Å². The fraction of sp³-hybridized carbons (Fsp3) is 0.238. The molecule has 1 fully saturated rings.